The monoisotopic (exact) mass is 341 g/mol. The predicted octanol–water partition coefficient (Wildman–Crippen LogP) is 1.12. The Labute approximate surface area is 137 Å². The van der Waals surface area contributed by atoms with Crippen LogP contribution in [0.25, 0.3) is 0 Å². The van der Waals surface area contributed by atoms with Crippen LogP contribution in [0.1, 0.15) is 36.0 Å². The standard InChI is InChI=1S/C15H23N3O4S/c1-18(2)16-15(19)11-8-9-13(22-3)14(10-11)23(20,21)17-12-6-4-5-7-12/h8-10,12,17H,4-7H2,1-3H3,(H,16,19). The van der Waals surface area contributed by atoms with E-state index in [2.05, 4.69) is 10.1 Å². The Morgan fingerprint density at radius 3 is 2.48 bits per heavy atom. The van der Waals surface area contributed by atoms with Crippen molar-refractivity contribution in [3.63, 3.8) is 0 Å². The van der Waals surface area contributed by atoms with Gasteiger partial charge >= 0.3 is 0 Å². The molecule has 0 heterocycles. The van der Waals surface area contributed by atoms with Crippen LogP contribution < -0.4 is 14.9 Å². The maximum atomic E-state index is 12.6. The average Bonchev–Trinajstić information content (AvgIpc) is 2.98. The number of rotatable bonds is 6. The van der Waals surface area contributed by atoms with Crippen LogP contribution in [0.2, 0.25) is 0 Å². The summed E-state index contributed by atoms with van der Waals surface area (Å²) in [5, 5.41) is 1.50. The molecule has 1 fully saturated rings. The molecule has 0 saturated heterocycles. The van der Waals surface area contributed by atoms with Gasteiger partial charge in [-0.15, -0.1) is 0 Å². The van der Waals surface area contributed by atoms with Gasteiger partial charge < -0.3 is 4.74 Å². The minimum atomic E-state index is -3.74. The van der Waals surface area contributed by atoms with Gasteiger partial charge in [0.2, 0.25) is 10.0 Å². The zero-order valence-corrected chi connectivity index (χ0v) is 14.4. The summed E-state index contributed by atoms with van der Waals surface area (Å²) < 4.78 is 33.1. The van der Waals surface area contributed by atoms with Crippen LogP contribution in [-0.2, 0) is 10.0 Å². The van der Waals surface area contributed by atoms with Gasteiger partial charge in [-0.2, -0.15) is 0 Å². The number of nitrogens with zero attached hydrogens (tertiary/aromatic N) is 1. The number of benzene rings is 1. The maximum absolute atomic E-state index is 12.6. The van der Waals surface area contributed by atoms with Crippen LogP contribution in [0.5, 0.6) is 5.75 Å². The SMILES string of the molecule is COc1ccc(C(=O)NN(C)C)cc1S(=O)(=O)NC1CCCC1. The maximum Gasteiger partial charge on any atom is 0.265 e. The first kappa shape index (κ1) is 17.7. The van der Waals surface area contributed by atoms with Gasteiger partial charge in [0.15, 0.2) is 0 Å². The van der Waals surface area contributed by atoms with Crippen molar-refractivity contribution in [2.75, 3.05) is 21.2 Å². The van der Waals surface area contributed by atoms with Gasteiger partial charge in [-0.05, 0) is 31.0 Å². The molecule has 7 nitrogen and oxygen atoms in total. The normalized spacial score (nSPS) is 15.8. The third-order valence-corrected chi connectivity index (χ3v) is 5.26. The lowest BCUT2D eigenvalue weighted by atomic mass is 10.2. The Kier molecular flexibility index (Phi) is 5.61. The summed E-state index contributed by atoms with van der Waals surface area (Å²) in [5.41, 5.74) is 2.84. The van der Waals surface area contributed by atoms with Crippen molar-refractivity contribution < 1.29 is 17.9 Å². The van der Waals surface area contributed by atoms with Gasteiger partial charge in [0, 0.05) is 25.7 Å². The van der Waals surface area contributed by atoms with Crippen LogP contribution in [0.15, 0.2) is 23.1 Å². The number of ether oxygens (including phenoxy) is 1. The highest BCUT2D eigenvalue weighted by atomic mass is 32.2. The zero-order valence-electron chi connectivity index (χ0n) is 13.6. The fraction of sp³-hybridized carbons (Fsp3) is 0.533. The summed E-state index contributed by atoms with van der Waals surface area (Å²) in [6.45, 7) is 0. The lowest BCUT2D eigenvalue weighted by Gasteiger charge is -2.16. The molecule has 0 atom stereocenters. The number of amides is 1. The molecule has 0 unspecified atom stereocenters. The van der Waals surface area contributed by atoms with E-state index in [1.807, 2.05) is 0 Å². The topological polar surface area (TPSA) is 87.7 Å². The number of nitrogens with one attached hydrogen (secondary N) is 2. The quantitative estimate of drug-likeness (QED) is 0.757. The molecule has 128 valence electrons. The van der Waals surface area contributed by atoms with Gasteiger partial charge in [0.05, 0.1) is 7.11 Å². The van der Waals surface area contributed by atoms with E-state index in [0.717, 1.165) is 25.7 Å². The number of hydrogen-bond acceptors (Lipinski definition) is 5. The van der Waals surface area contributed by atoms with Crippen molar-refractivity contribution in [2.24, 2.45) is 0 Å². The molecule has 0 aliphatic heterocycles. The molecule has 2 rings (SSSR count). The Morgan fingerprint density at radius 1 is 1.26 bits per heavy atom. The molecule has 1 aliphatic rings. The summed E-state index contributed by atoms with van der Waals surface area (Å²) in [6.07, 6.45) is 3.72. The van der Waals surface area contributed by atoms with Gasteiger partial charge in [-0.3, -0.25) is 10.2 Å². The molecule has 2 N–H and O–H groups in total. The van der Waals surface area contributed by atoms with E-state index < -0.39 is 10.0 Å². The number of methoxy groups -OCH3 is 1. The lowest BCUT2D eigenvalue weighted by Crippen LogP contribution is -2.36. The second kappa shape index (κ2) is 7.29. The molecule has 1 aromatic carbocycles. The third-order valence-electron chi connectivity index (χ3n) is 3.72. The number of hydrogen-bond donors (Lipinski definition) is 2. The van der Waals surface area contributed by atoms with E-state index in [-0.39, 0.29) is 28.2 Å². The minimum absolute atomic E-state index is 0.0155. The van der Waals surface area contributed by atoms with E-state index in [1.165, 1.54) is 30.3 Å². The molecule has 23 heavy (non-hydrogen) atoms. The van der Waals surface area contributed by atoms with E-state index in [4.69, 9.17) is 4.74 Å². The second-order valence-electron chi connectivity index (χ2n) is 5.80. The summed E-state index contributed by atoms with van der Waals surface area (Å²) in [7, 11) is 1.03. The molecule has 1 aromatic rings. The van der Waals surface area contributed by atoms with Gasteiger partial charge in [0.25, 0.3) is 5.91 Å². The van der Waals surface area contributed by atoms with Crippen molar-refractivity contribution >= 4 is 15.9 Å². The summed E-state index contributed by atoms with van der Waals surface area (Å²) in [5.74, 6) is -0.160. The van der Waals surface area contributed by atoms with E-state index in [0.29, 0.717) is 0 Å². The Hall–Kier alpha value is -1.64. The van der Waals surface area contributed by atoms with Crippen LogP contribution in [0, 0.1) is 0 Å². The fourth-order valence-corrected chi connectivity index (χ4v) is 4.12. The second-order valence-corrected chi connectivity index (χ2v) is 7.49. The van der Waals surface area contributed by atoms with Crippen molar-refractivity contribution in [2.45, 2.75) is 36.6 Å². The Balaban J connectivity index is 2.32. The number of sulfonamides is 1. The summed E-state index contributed by atoms with van der Waals surface area (Å²) >= 11 is 0. The molecule has 1 aliphatic carbocycles. The number of carbonyl (C=O) groups excluding carboxylic acids is 1. The summed E-state index contributed by atoms with van der Waals surface area (Å²) in [6, 6.07) is 4.32. The van der Waals surface area contributed by atoms with Crippen molar-refractivity contribution in [3.05, 3.63) is 23.8 Å². The average molecular weight is 341 g/mol. The van der Waals surface area contributed by atoms with Crippen LogP contribution in [-0.4, -0.2) is 46.6 Å². The molecule has 0 radical (unpaired) electrons. The fourth-order valence-electron chi connectivity index (χ4n) is 2.62. The Bertz CT molecular complexity index is 667. The molecule has 0 bridgehead atoms. The zero-order chi connectivity index (χ0) is 17.0. The van der Waals surface area contributed by atoms with E-state index in [1.54, 1.807) is 14.1 Å². The molecule has 1 amide bonds. The first-order valence-corrected chi connectivity index (χ1v) is 9.00. The minimum Gasteiger partial charge on any atom is -0.495 e. The molecule has 0 aromatic heterocycles. The highest BCUT2D eigenvalue weighted by Gasteiger charge is 2.26. The molecule has 8 heteroatoms. The van der Waals surface area contributed by atoms with Crippen LogP contribution in [0.4, 0.5) is 0 Å². The molecular weight excluding hydrogens is 318 g/mol. The summed E-state index contributed by atoms with van der Waals surface area (Å²) in [4.78, 5) is 12.1. The molecule has 1 saturated carbocycles. The first-order valence-electron chi connectivity index (χ1n) is 7.52. The van der Waals surface area contributed by atoms with E-state index >= 15 is 0 Å². The molecular formula is C15H23N3O4S. The number of hydrazine groups is 1. The highest BCUT2D eigenvalue weighted by Crippen LogP contribution is 2.27. The van der Waals surface area contributed by atoms with Crippen LogP contribution >= 0.6 is 0 Å². The van der Waals surface area contributed by atoms with E-state index in [9.17, 15) is 13.2 Å². The first-order chi connectivity index (χ1) is 10.8. The van der Waals surface area contributed by atoms with Gasteiger partial charge in [0.1, 0.15) is 10.6 Å². The van der Waals surface area contributed by atoms with Crippen molar-refractivity contribution in [1.82, 2.24) is 15.2 Å². The largest absolute Gasteiger partial charge is 0.495 e. The smallest absolute Gasteiger partial charge is 0.265 e. The van der Waals surface area contributed by atoms with Crippen LogP contribution in [0.3, 0.4) is 0 Å². The predicted molar refractivity (Wildman–Crippen MR) is 86.7 cm³/mol. The van der Waals surface area contributed by atoms with Crippen molar-refractivity contribution in [1.29, 1.82) is 0 Å². The molecule has 0 spiro atoms. The Morgan fingerprint density at radius 2 is 1.91 bits per heavy atom. The third kappa shape index (κ3) is 4.43. The van der Waals surface area contributed by atoms with Gasteiger partial charge in [-0.1, -0.05) is 12.8 Å². The number of carbonyl (C=O) groups is 1. The lowest BCUT2D eigenvalue weighted by molar-refractivity contribution is 0.0856. The highest BCUT2D eigenvalue weighted by molar-refractivity contribution is 7.89. The van der Waals surface area contributed by atoms with Crippen molar-refractivity contribution in [3.8, 4) is 5.75 Å². The van der Waals surface area contributed by atoms with Gasteiger partial charge in [-0.25, -0.2) is 18.1 Å².